The van der Waals surface area contributed by atoms with Crippen molar-refractivity contribution < 1.29 is 4.52 Å². The van der Waals surface area contributed by atoms with Crippen LogP contribution < -0.4 is 5.73 Å². The molecule has 0 aromatic carbocycles. The number of nitrogens with two attached hydrogens (primary N) is 1. The molecule has 62 valence electrons. The molecule has 0 fully saturated rings. The zero-order chi connectivity index (χ0) is 8.10. The number of aryl methyl sites for hydroxylation is 1. The van der Waals surface area contributed by atoms with Crippen LogP contribution in [0.1, 0.15) is 24.7 Å². The Morgan fingerprint density at radius 1 is 1.55 bits per heavy atom. The van der Waals surface area contributed by atoms with Gasteiger partial charge in [-0.25, -0.2) is 0 Å². The maximum Gasteiger partial charge on any atom is 0.139 e. The van der Waals surface area contributed by atoms with Crippen LogP contribution in [0.4, 0.5) is 0 Å². The average Bonchev–Trinajstić information content (AvgIpc) is 2.39. The first-order valence-electron chi connectivity index (χ1n) is 4.01. The van der Waals surface area contributed by atoms with Crippen molar-refractivity contribution in [3.8, 4) is 0 Å². The first kappa shape index (κ1) is 8.27. The van der Waals surface area contributed by atoms with E-state index in [2.05, 4.69) is 12.1 Å². The summed E-state index contributed by atoms with van der Waals surface area (Å²) in [6, 6.07) is 0. The van der Waals surface area contributed by atoms with E-state index < -0.39 is 0 Å². The van der Waals surface area contributed by atoms with Crippen LogP contribution in [0.5, 0.6) is 0 Å². The highest BCUT2D eigenvalue weighted by Crippen LogP contribution is 2.09. The van der Waals surface area contributed by atoms with E-state index in [-0.39, 0.29) is 0 Å². The summed E-state index contributed by atoms with van der Waals surface area (Å²) in [4.78, 5) is 0. The Kier molecular flexibility index (Phi) is 3.11. The van der Waals surface area contributed by atoms with Crippen LogP contribution in [0.3, 0.4) is 0 Å². The molecule has 3 nitrogen and oxygen atoms in total. The smallest absolute Gasteiger partial charge is 0.139 e. The van der Waals surface area contributed by atoms with Crippen LogP contribution in [0, 0.1) is 0 Å². The fraction of sp³-hybridized carbons (Fsp3) is 0.625. The number of hydrogen-bond donors (Lipinski definition) is 1. The molecule has 11 heavy (non-hydrogen) atoms. The number of nitrogens with zero attached hydrogens (tertiary/aromatic N) is 1. The zero-order valence-electron chi connectivity index (χ0n) is 6.84. The first-order chi connectivity index (χ1) is 5.38. The summed E-state index contributed by atoms with van der Waals surface area (Å²) in [5, 5.41) is 3.73. The molecule has 1 rings (SSSR count). The van der Waals surface area contributed by atoms with Crippen molar-refractivity contribution in [2.45, 2.75) is 26.2 Å². The van der Waals surface area contributed by atoms with Gasteiger partial charge in [-0.3, -0.25) is 0 Å². The van der Waals surface area contributed by atoms with Gasteiger partial charge < -0.3 is 10.3 Å². The largest absolute Gasteiger partial charge is 0.361 e. The summed E-state index contributed by atoms with van der Waals surface area (Å²) in [5.74, 6) is 0.998. The lowest BCUT2D eigenvalue weighted by Gasteiger charge is -1.95. The van der Waals surface area contributed by atoms with Gasteiger partial charge in [0.15, 0.2) is 0 Å². The summed E-state index contributed by atoms with van der Waals surface area (Å²) >= 11 is 0. The van der Waals surface area contributed by atoms with Crippen molar-refractivity contribution in [3.05, 3.63) is 17.5 Å². The summed E-state index contributed by atoms with van der Waals surface area (Å²) in [7, 11) is 0. The molecule has 0 aliphatic heterocycles. The van der Waals surface area contributed by atoms with Gasteiger partial charge in [0.25, 0.3) is 0 Å². The van der Waals surface area contributed by atoms with Crippen molar-refractivity contribution in [1.82, 2.24) is 5.16 Å². The van der Waals surface area contributed by atoms with Gasteiger partial charge >= 0.3 is 0 Å². The molecule has 1 aromatic heterocycles. The Labute approximate surface area is 66.6 Å². The van der Waals surface area contributed by atoms with Crippen LogP contribution in [0.25, 0.3) is 0 Å². The second-order valence-electron chi connectivity index (χ2n) is 2.56. The maximum atomic E-state index is 5.42. The lowest BCUT2D eigenvalue weighted by atomic mass is 10.1. The highest BCUT2D eigenvalue weighted by Gasteiger charge is 2.04. The molecular weight excluding hydrogens is 140 g/mol. The standard InChI is InChI=1S/C8H14N2O/c1-2-3-8-7(4-5-9)6-10-11-8/h6H,2-5,9H2,1H3. The molecular formula is C8H14N2O. The second-order valence-corrected chi connectivity index (χ2v) is 2.56. The molecule has 1 aromatic rings. The normalized spacial score (nSPS) is 10.4. The lowest BCUT2D eigenvalue weighted by Crippen LogP contribution is -2.03. The number of hydrogen-bond acceptors (Lipinski definition) is 3. The van der Waals surface area contributed by atoms with Gasteiger partial charge in [0, 0.05) is 12.0 Å². The van der Waals surface area contributed by atoms with E-state index in [9.17, 15) is 0 Å². The zero-order valence-corrected chi connectivity index (χ0v) is 6.84. The monoisotopic (exact) mass is 154 g/mol. The highest BCUT2D eigenvalue weighted by molar-refractivity contribution is 5.13. The molecule has 0 saturated heterocycles. The van der Waals surface area contributed by atoms with Gasteiger partial charge in [-0.15, -0.1) is 0 Å². The van der Waals surface area contributed by atoms with E-state index >= 15 is 0 Å². The Morgan fingerprint density at radius 2 is 2.36 bits per heavy atom. The second kappa shape index (κ2) is 4.13. The predicted octanol–water partition coefficient (Wildman–Crippen LogP) is 1.13. The Balaban J connectivity index is 2.62. The Bertz CT molecular complexity index is 187. The molecule has 3 heteroatoms. The van der Waals surface area contributed by atoms with Gasteiger partial charge in [-0.05, 0) is 19.4 Å². The molecule has 0 bridgehead atoms. The maximum absolute atomic E-state index is 5.42. The van der Waals surface area contributed by atoms with Crippen LogP contribution in [0.15, 0.2) is 10.7 Å². The third kappa shape index (κ3) is 2.05. The van der Waals surface area contributed by atoms with Crippen LogP contribution >= 0.6 is 0 Å². The fourth-order valence-corrected chi connectivity index (χ4v) is 1.08. The van der Waals surface area contributed by atoms with Gasteiger partial charge in [0.1, 0.15) is 5.76 Å². The minimum absolute atomic E-state index is 0.665. The first-order valence-corrected chi connectivity index (χ1v) is 4.01. The fourth-order valence-electron chi connectivity index (χ4n) is 1.08. The number of rotatable bonds is 4. The van der Waals surface area contributed by atoms with Gasteiger partial charge in [0.2, 0.25) is 0 Å². The van der Waals surface area contributed by atoms with Gasteiger partial charge in [0.05, 0.1) is 6.20 Å². The lowest BCUT2D eigenvalue weighted by molar-refractivity contribution is 0.380. The van der Waals surface area contributed by atoms with E-state index in [4.69, 9.17) is 10.3 Å². The topological polar surface area (TPSA) is 52.0 Å². The molecule has 0 atom stereocenters. The summed E-state index contributed by atoms with van der Waals surface area (Å²) in [6.07, 6.45) is 4.69. The molecule has 0 aliphatic carbocycles. The molecule has 0 saturated carbocycles. The predicted molar refractivity (Wildman–Crippen MR) is 43.3 cm³/mol. The molecule has 0 radical (unpaired) electrons. The summed E-state index contributed by atoms with van der Waals surface area (Å²) < 4.78 is 5.05. The average molecular weight is 154 g/mol. The van der Waals surface area contributed by atoms with Gasteiger partial charge in [-0.2, -0.15) is 0 Å². The molecule has 0 spiro atoms. The van der Waals surface area contributed by atoms with Crippen molar-refractivity contribution in [2.75, 3.05) is 6.54 Å². The third-order valence-electron chi connectivity index (χ3n) is 1.62. The van der Waals surface area contributed by atoms with Gasteiger partial charge in [-0.1, -0.05) is 12.1 Å². The van der Waals surface area contributed by atoms with Crippen molar-refractivity contribution in [3.63, 3.8) is 0 Å². The van der Waals surface area contributed by atoms with Crippen molar-refractivity contribution in [1.29, 1.82) is 0 Å². The van der Waals surface area contributed by atoms with Crippen LogP contribution in [-0.4, -0.2) is 11.7 Å². The van der Waals surface area contributed by atoms with Crippen molar-refractivity contribution >= 4 is 0 Å². The highest BCUT2D eigenvalue weighted by atomic mass is 16.5. The molecule has 1 heterocycles. The van der Waals surface area contributed by atoms with E-state index in [0.717, 1.165) is 30.6 Å². The Hall–Kier alpha value is -0.830. The quantitative estimate of drug-likeness (QED) is 0.707. The third-order valence-corrected chi connectivity index (χ3v) is 1.62. The van der Waals surface area contributed by atoms with E-state index in [1.807, 2.05) is 0 Å². The SMILES string of the molecule is CCCc1oncc1CCN. The molecule has 0 amide bonds. The van der Waals surface area contributed by atoms with Crippen LogP contribution in [0.2, 0.25) is 0 Å². The minimum Gasteiger partial charge on any atom is -0.361 e. The van der Waals surface area contributed by atoms with E-state index in [1.54, 1.807) is 6.20 Å². The summed E-state index contributed by atoms with van der Waals surface area (Å²) in [6.45, 7) is 2.78. The molecule has 0 unspecified atom stereocenters. The molecule has 2 N–H and O–H groups in total. The van der Waals surface area contributed by atoms with E-state index in [1.165, 1.54) is 0 Å². The summed E-state index contributed by atoms with van der Waals surface area (Å²) in [5.41, 5.74) is 6.58. The molecule has 0 aliphatic rings. The Morgan fingerprint density at radius 3 is 3.00 bits per heavy atom. The van der Waals surface area contributed by atoms with Crippen molar-refractivity contribution in [2.24, 2.45) is 5.73 Å². The minimum atomic E-state index is 0.665. The van der Waals surface area contributed by atoms with Crippen LogP contribution in [-0.2, 0) is 12.8 Å². The number of aromatic nitrogens is 1. The van der Waals surface area contributed by atoms with E-state index in [0.29, 0.717) is 6.54 Å².